The fraction of sp³-hybridized carbons (Fsp3) is 0.400. The number of hydrogen-bond acceptors (Lipinski definition) is 5. The summed E-state index contributed by atoms with van der Waals surface area (Å²) in [5.74, 6) is 0.981. The van der Waals surface area contributed by atoms with Gasteiger partial charge in [-0.15, -0.1) is 11.3 Å². The third-order valence-corrected chi connectivity index (χ3v) is 6.62. The van der Waals surface area contributed by atoms with Gasteiger partial charge in [0.05, 0.1) is 19.8 Å². The summed E-state index contributed by atoms with van der Waals surface area (Å²) in [4.78, 5) is 18.4. The van der Waals surface area contributed by atoms with Crippen molar-refractivity contribution >= 4 is 28.0 Å². The molecule has 0 spiro atoms. The summed E-state index contributed by atoms with van der Waals surface area (Å²) < 4.78 is 11.1. The van der Waals surface area contributed by atoms with Crippen LogP contribution in [0, 0.1) is 0 Å². The zero-order valence-corrected chi connectivity index (χ0v) is 19.1. The molecule has 0 radical (unpaired) electrons. The Morgan fingerprint density at radius 2 is 2.00 bits per heavy atom. The van der Waals surface area contributed by atoms with Gasteiger partial charge in [-0.3, -0.25) is 9.69 Å². The first-order chi connectivity index (χ1) is 15.1. The lowest BCUT2D eigenvalue weighted by molar-refractivity contribution is -0.132. The molecule has 2 heterocycles. The molecular formula is C25H30N2O3S. The average molecular weight is 439 g/mol. The van der Waals surface area contributed by atoms with Crippen LogP contribution in [-0.4, -0.2) is 55.7 Å². The van der Waals surface area contributed by atoms with E-state index in [9.17, 15) is 4.79 Å². The van der Waals surface area contributed by atoms with Gasteiger partial charge in [0.1, 0.15) is 5.75 Å². The molecule has 1 aliphatic rings. The van der Waals surface area contributed by atoms with Gasteiger partial charge in [-0.2, -0.15) is 0 Å². The molecule has 1 fully saturated rings. The monoisotopic (exact) mass is 438 g/mol. The highest BCUT2D eigenvalue weighted by Gasteiger charge is 2.22. The summed E-state index contributed by atoms with van der Waals surface area (Å²) in [6.45, 7) is 3.41. The number of carbonyl (C=O) groups excluding carboxylic acids is 1. The van der Waals surface area contributed by atoms with Crippen LogP contribution in [0.2, 0.25) is 0 Å². The number of rotatable bonds is 9. The molecule has 0 saturated carbocycles. The highest BCUT2D eigenvalue weighted by atomic mass is 32.1. The van der Waals surface area contributed by atoms with E-state index in [1.165, 1.54) is 4.88 Å². The number of nitrogens with zero attached hydrogens (tertiary/aromatic N) is 2. The van der Waals surface area contributed by atoms with Crippen LogP contribution < -0.4 is 4.74 Å². The van der Waals surface area contributed by atoms with Gasteiger partial charge in [-0.05, 0) is 58.8 Å². The molecule has 5 nitrogen and oxygen atoms in total. The molecule has 1 saturated heterocycles. The average Bonchev–Trinajstić information content (AvgIpc) is 3.47. The molecule has 31 heavy (non-hydrogen) atoms. The Hall–Kier alpha value is -2.41. The molecule has 164 valence electrons. The second-order valence-corrected chi connectivity index (χ2v) is 9.21. The molecule has 0 bridgehead atoms. The Morgan fingerprint density at radius 3 is 2.74 bits per heavy atom. The molecule has 0 N–H and O–H groups in total. The molecule has 6 heteroatoms. The van der Waals surface area contributed by atoms with Crippen LogP contribution in [0.1, 0.15) is 23.3 Å². The van der Waals surface area contributed by atoms with E-state index >= 15 is 0 Å². The summed E-state index contributed by atoms with van der Waals surface area (Å²) in [7, 11) is 3.56. The number of methoxy groups -OCH3 is 1. The summed E-state index contributed by atoms with van der Waals surface area (Å²) in [6.07, 6.45) is 2.42. The number of ether oxygens (including phenoxy) is 2. The predicted molar refractivity (Wildman–Crippen MR) is 126 cm³/mol. The summed E-state index contributed by atoms with van der Waals surface area (Å²) in [5, 5.41) is 4.37. The first kappa shape index (κ1) is 21.8. The lowest BCUT2D eigenvalue weighted by Gasteiger charge is -2.27. The van der Waals surface area contributed by atoms with Crippen LogP contribution >= 0.6 is 11.3 Å². The predicted octanol–water partition coefficient (Wildman–Crippen LogP) is 4.55. The molecular weight excluding hydrogens is 408 g/mol. The minimum Gasteiger partial charge on any atom is -0.497 e. The van der Waals surface area contributed by atoms with Crippen molar-refractivity contribution in [2.45, 2.75) is 32.0 Å². The fourth-order valence-electron chi connectivity index (χ4n) is 4.06. The van der Waals surface area contributed by atoms with Gasteiger partial charge < -0.3 is 14.4 Å². The van der Waals surface area contributed by atoms with Crippen molar-refractivity contribution in [3.8, 4) is 5.75 Å². The molecule has 1 atom stereocenters. The smallest absolute Gasteiger partial charge is 0.236 e. The second kappa shape index (κ2) is 10.3. The third-order valence-electron chi connectivity index (χ3n) is 5.76. The minimum absolute atomic E-state index is 0.129. The van der Waals surface area contributed by atoms with Crippen molar-refractivity contribution in [3.05, 3.63) is 64.4 Å². The number of fused-ring (bicyclic) bond motifs is 1. The van der Waals surface area contributed by atoms with Crippen molar-refractivity contribution in [3.63, 3.8) is 0 Å². The molecule has 2 aromatic carbocycles. The molecule has 4 rings (SSSR count). The van der Waals surface area contributed by atoms with Crippen LogP contribution in [-0.2, 0) is 22.6 Å². The van der Waals surface area contributed by atoms with Crippen molar-refractivity contribution < 1.29 is 14.3 Å². The van der Waals surface area contributed by atoms with Crippen LogP contribution in [0.25, 0.3) is 10.8 Å². The first-order valence-corrected chi connectivity index (χ1v) is 11.7. The lowest BCUT2D eigenvalue weighted by atomic mass is 10.1. The van der Waals surface area contributed by atoms with E-state index in [-0.39, 0.29) is 12.0 Å². The van der Waals surface area contributed by atoms with E-state index in [4.69, 9.17) is 9.47 Å². The number of benzene rings is 2. The van der Waals surface area contributed by atoms with E-state index < -0.39 is 0 Å². The Bertz CT molecular complexity index is 999. The number of carbonyl (C=O) groups is 1. The third kappa shape index (κ3) is 5.85. The van der Waals surface area contributed by atoms with Crippen molar-refractivity contribution in [2.75, 3.05) is 33.9 Å². The van der Waals surface area contributed by atoms with Gasteiger partial charge in [-0.25, -0.2) is 0 Å². The van der Waals surface area contributed by atoms with Gasteiger partial charge in [0.25, 0.3) is 0 Å². The molecule has 0 aliphatic carbocycles. The molecule has 1 aliphatic heterocycles. The first-order valence-electron chi connectivity index (χ1n) is 10.8. The highest BCUT2D eigenvalue weighted by molar-refractivity contribution is 7.09. The number of thiophene rings is 1. The van der Waals surface area contributed by atoms with Crippen LogP contribution in [0.15, 0.2) is 53.9 Å². The maximum atomic E-state index is 13.0. The number of amides is 1. The van der Waals surface area contributed by atoms with Crippen LogP contribution in [0.5, 0.6) is 5.75 Å². The van der Waals surface area contributed by atoms with Crippen LogP contribution in [0.3, 0.4) is 0 Å². The number of hydrogen-bond donors (Lipinski definition) is 0. The van der Waals surface area contributed by atoms with E-state index in [1.807, 2.05) is 24.1 Å². The van der Waals surface area contributed by atoms with Crippen molar-refractivity contribution in [1.82, 2.24) is 9.80 Å². The molecule has 3 aromatic rings. The molecule has 1 unspecified atom stereocenters. The largest absolute Gasteiger partial charge is 0.497 e. The maximum absolute atomic E-state index is 13.0. The Labute approximate surface area is 188 Å². The molecule has 1 amide bonds. The normalized spacial score (nSPS) is 16.2. The second-order valence-electron chi connectivity index (χ2n) is 8.18. The van der Waals surface area contributed by atoms with E-state index in [1.54, 1.807) is 18.4 Å². The minimum atomic E-state index is 0.129. The fourth-order valence-corrected chi connectivity index (χ4v) is 4.80. The summed E-state index contributed by atoms with van der Waals surface area (Å²) in [6, 6.07) is 16.6. The number of likely N-dealkylation sites (N-methyl/N-ethyl adjacent to an activating group) is 1. The van der Waals surface area contributed by atoms with Gasteiger partial charge in [0.2, 0.25) is 5.91 Å². The van der Waals surface area contributed by atoms with Crippen molar-refractivity contribution in [1.29, 1.82) is 0 Å². The molecule has 1 aromatic heterocycles. The topological polar surface area (TPSA) is 42.0 Å². The quantitative estimate of drug-likeness (QED) is 0.492. The Morgan fingerprint density at radius 1 is 1.16 bits per heavy atom. The van der Waals surface area contributed by atoms with E-state index in [2.05, 4.69) is 46.7 Å². The van der Waals surface area contributed by atoms with Crippen molar-refractivity contribution in [2.24, 2.45) is 0 Å². The SMILES string of the molecule is COc1ccc2cc(CN(C)C(=O)CN(Cc3cccs3)CC3CCCO3)ccc2c1. The highest BCUT2D eigenvalue weighted by Crippen LogP contribution is 2.23. The Kier molecular flexibility index (Phi) is 7.22. The van der Waals surface area contributed by atoms with Gasteiger partial charge in [0.15, 0.2) is 0 Å². The lowest BCUT2D eigenvalue weighted by Crippen LogP contribution is -2.40. The summed E-state index contributed by atoms with van der Waals surface area (Å²) >= 11 is 1.73. The van der Waals surface area contributed by atoms with Gasteiger partial charge in [0, 0.05) is 38.2 Å². The van der Waals surface area contributed by atoms with Gasteiger partial charge >= 0.3 is 0 Å². The van der Waals surface area contributed by atoms with E-state index in [0.717, 1.165) is 54.6 Å². The zero-order valence-electron chi connectivity index (χ0n) is 18.3. The van der Waals surface area contributed by atoms with Crippen LogP contribution in [0.4, 0.5) is 0 Å². The maximum Gasteiger partial charge on any atom is 0.236 e. The van der Waals surface area contributed by atoms with Gasteiger partial charge in [-0.1, -0.05) is 24.3 Å². The van der Waals surface area contributed by atoms with E-state index in [0.29, 0.717) is 13.1 Å². The zero-order chi connectivity index (χ0) is 21.6. The standard InChI is InChI=1S/C25H30N2O3S/c1-26(15-19-7-8-21-14-22(29-2)10-9-20(21)13-19)25(28)18-27(16-23-5-3-11-30-23)17-24-6-4-12-31-24/h4,6-10,12-14,23H,3,5,11,15-18H2,1-2H3. The Balaban J connectivity index is 1.39. The summed E-state index contributed by atoms with van der Waals surface area (Å²) in [5.41, 5.74) is 1.12.